The molecular weight excluding hydrogens is 282 g/mol. The Morgan fingerprint density at radius 2 is 1.91 bits per heavy atom. The van der Waals surface area contributed by atoms with Crippen LogP contribution in [0.15, 0.2) is 4.99 Å². The minimum atomic E-state index is -0.0923. The van der Waals surface area contributed by atoms with Gasteiger partial charge in [-0.25, -0.2) is 4.99 Å². The van der Waals surface area contributed by atoms with Crippen LogP contribution < -0.4 is 16.0 Å². The Balaban J connectivity index is 2.23. The van der Waals surface area contributed by atoms with Gasteiger partial charge in [-0.3, -0.25) is 4.79 Å². The zero-order valence-corrected chi connectivity index (χ0v) is 14.0. The number of ether oxygens (including phenoxy) is 1. The van der Waals surface area contributed by atoms with Gasteiger partial charge in [-0.05, 0) is 32.9 Å². The Morgan fingerprint density at radius 1 is 1.14 bits per heavy atom. The molecule has 0 radical (unpaired) electrons. The second-order valence-corrected chi connectivity index (χ2v) is 5.37. The SMILES string of the molecule is CCNC(=NCC(=O)NCCOC)NCCN1CCCCC1. The van der Waals surface area contributed by atoms with Gasteiger partial charge in [-0.2, -0.15) is 0 Å². The van der Waals surface area contributed by atoms with Gasteiger partial charge in [0.1, 0.15) is 6.54 Å². The molecule has 1 rings (SSSR count). The van der Waals surface area contributed by atoms with Gasteiger partial charge in [0.25, 0.3) is 0 Å². The second kappa shape index (κ2) is 12.2. The van der Waals surface area contributed by atoms with Crippen molar-refractivity contribution in [3.8, 4) is 0 Å². The van der Waals surface area contributed by atoms with E-state index < -0.39 is 0 Å². The zero-order chi connectivity index (χ0) is 16.0. The molecule has 0 spiro atoms. The minimum Gasteiger partial charge on any atom is -0.383 e. The van der Waals surface area contributed by atoms with Gasteiger partial charge in [-0.1, -0.05) is 6.42 Å². The smallest absolute Gasteiger partial charge is 0.241 e. The van der Waals surface area contributed by atoms with Crippen LogP contribution in [0.5, 0.6) is 0 Å². The van der Waals surface area contributed by atoms with E-state index in [2.05, 4.69) is 25.8 Å². The van der Waals surface area contributed by atoms with E-state index in [9.17, 15) is 4.79 Å². The maximum atomic E-state index is 11.6. The Morgan fingerprint density at radius 3 is 2.59 bits per heavy atom. The highest BCUT2D eigenvalue weighted by atomic mass is 16.5. The fraction of sp³-hybridized carbons (Fsp3) is 0.867. The van der Waals surface area contributed by atoms with Gasteiger partial charge >= 0.3 is 0 Å². The van der Waals surface area contributed by atoms with Gasteiger partial charge in [0.2, 0.25) is 5.91 Å². The molecule has 128 valence electrons. The van der Waals surface area contributed by atoms with E-state index in [0.717, 1.165) is 19.6 Å². The van der Waals surface area contributed by atoms with Crippen LogP contribution in [0.4, 0.5) is 0 Å². The van der Waals surface area contributed by atoms with Crippen LogP contribution >= 0.6 is 0 Å². The van der Waals surface area contributed by atoms with E-state index in [-0.39, 0.29) is 12.5 Å². The number of likely N-dealkylation sites (tertiary alicyclic amines) is 1. The van der Waals surface area contributed by atoms with Crippen molar-refractivity contribution in [2.75, 3.05) is 59.5 Å². The Hall–Kier alpha value is -1.34. The first-order chi connectivity index (χ1) is 10.8. The number of guanidine groups is 1. The summed E-state index contributed by atoms with van der Waals surface area (Å²) < 4.78 is 4.89. The van der Waals surface area contributed by atoms with E-state index in [0.29, 0.717) is 19.1 Å². The average molecular weight is 313 g/mol. The van der Waals surface area contributed by atoms with E-state index >= 15 is 0 Å². The van der Waals surface area contributed by atoms with Crippen LogP contribution in [0.3, 0.4) is 0 Å². The molecule has 7 heteroatoms. The predicted molar refractivity (Wildman–Crippen MR) is 89.2 cm³/mol. The summed E-state index contributed by atoms with van der Waals surface area (Å²) in [6, 6.07) is 0. The number of rotatable bonds is 9. The maximum Gasteiger partial charge on any atom is 0.241 e. The number of hydrogen-bond acceptors (Lipinski definition) is 4. The summed E-state index contributed by atoms with van der Waals surface area (Å²) in [4.78, 5) is 18.4. The second-order valence-electron chi connectivity index (χ2n) is 5.37. The molecule has 3 N–H and O–H groups in total. The summed E-state index contributed by atoms with van der Waals surface area (Å²) in [6.45, 7) is 8.20. The normalized spacial score (nSPS) is 16.4. The lowest BCUT2D eigenvalue weighted by Gasteiger charge is -2.26. The molecule has 0 aliphatic carbocycles. The van der Waals surface area contributed by atoms with Crippen LogP contribution in [0.2, 0.25) is 0 Å². The lowest BCUT2D eigenvalue weighted by atomic mass is 10.1. The highest BCUT2D eigenvalue weighted by Crippen LogP contribution is 2.07. The van der Waals surface area contributed by atoms with Gasteiger partial charge < -0.3 is 25.6 Å². The molecule has 7 nitrogen and oxygen atoms in total. The fourth-order valence-corrected chi connectivity index (χ4v) is 2.36. The van der Waals surface area contributed by atoms with Crippen molar-refractivity contribution in [3.05, 3.63) is 0 Å². The minimum absolute atomic E-state index is 0.0923. The lowest BCUT2D eigenvalue weighted by Crippen LogP contribution is -2.43. The van der Waals surface area contributed by atoms with Crippen molar-refractivity contribution in [2.45, 2.75) is 26.2 Å². The number of aliphatic imine (C=N–C) groups is 1. The topological polar surface area (TPSA) is 78.0 Å². The van der Waals surface area contributed by atoms with Crippen LogP contribution in [0.1, 0.15) is 26.2 Å². The third kappa shape index (κ3) is 8.84. The van der Waals surface area contributed by atoms with Crippen LogP contribution in [0.25, 0.3) is 0 Å². The number of amides is 1. The third-order valence-corrected chi connectivity index (χ3v) is 3.52. The molecule has 0 aromatic heterocycles. The standard InChI is InChI=1S/C15H31N5O2/c1-3-16-15(19-13-14(21)17-8-12-22-2)18-7-11-20-9-5-4-6-10-20/h3-13H2,1-2H3,(H,17,21)(H2,16,18,19). The summed E-state index contributed by atoms with van der Waals surface area (Å²) in [5.74, 6) is 0.603. The van der Waals surface area contributed by atoms with Crippen LogP contribution in [-0.4, -0.2) is 76.3 Å². The van der Waals surface area contributed by atoms with Crippen LogP contribution in [-0.2, 0) is 9.53 Å². The first-order valence-corrected chi connectivity index (χ1v) is 8.26. The molecule has 0 aromatic rings. The van der Waals surface area contributed by atoms with Crippen molar-refractivity contribution in [2.24, 2.45) is 4.99 Å². The first-order valence-electron chi connectivity index (χ1n) is 8.26. The Kier molecular flexibility index (Phi) is 10.4. The molecule has 1 amide bonds. The monoisotopic (exact) mass is 313 g/mol. The zero-order valence-electron chi connectivity index (χ0n) is 14.0. The van der Waals surface area contributed by atoms with E-state index in [1.807, 2.05) is 6.92 Å². The largest absolute Gasteiger partial charge is 0.383 e. The number of carbonyl (C=O) groups is 1. The number of nitrogens with zero attached hydrogens (tertiary/aromatic N) is 2. The molecule has 1 aliphatic heterocycles. The molecule has 22 heavy (non-hydrogen) atoms. The fourth-order valence-electron chi connectivity index (χ4n) is 2.36. The van der Waals surface area contributed by atoms with Gasteiger partial charge in [0.05, 0.1) is 6.61 Å². The van der Waals surface area contributed by atoms with E-state index in [4.69, 9.17) is 4.74 Å². The number of carbonyl (C=O) groups excluding carboxylic acids is 1. The summed E-state index contributed by atoms with van der Waals surface area (Å²) in [5.41, 5.74) is 0. The molecule has 1 aliphatic rings. The molecule has 0 unspecified atom stereocenters. The van der Waals surface area contributed by atoms with Crippen molar-refractivity contribution in [3.63, 3.8) is 0 Å². The van der Waals surface area contributed by atoms with E-state index in [1.165, 1.54) is 32.4 Å². The summed E-state index contributed by atoms with van der Waals surface area (Å²) in [5, 5.41) is 9.20. The van der Waals surface area contributed by atoms with Gasteiger partial charge in [0, 0.05) is 33.3 Å². The average Bonchev–Trinajstić information content (AvgIpc) is 2.54. The summed E-state index contributed by atoms with van der Waals surface area (Å²) >= 11 is 0. The number of hydrogen-bond donors (Lipinski definition) is 3. The molecule has 0 atom stereocenters. The summed E-state index contributed by atoms with van der Waals surface area (Å²) in [7, 11) is 1.61. The molecule has 1 heterocycles. The van der Waals surface area contributed by atoms with Crippen molar-refractivity contribution in [1.29, 1.82) is 0 Å². The van der Waals surface area contributed by atoms with Gasteiger partial charge in [0.15, 0.2) is 5.96 Å². The quantitative estimate of drug-likeness (QED) is 0.312. The number of piperidine rings is 1. The highest BCUT2D eigenvalue weighted by Gasteiger charge is 2.09. The molecule has 0 bridgehead atoms. The number of nitrogens with one attached hydrogen (secondary N) is 3. The molecule has 1 saturated heterocycles. The van der Waals surface area contributed by atoms with Crippen molar-refractivity contribution in [1.82, 2.24) is 20.9 Å². The number of methoxy groups -OCH3 is 1. The first kappa shape index (κ1) is 18.7. The molecule has 1 fully saturated rings. The summed E-state index contributed by atoms with van der Waals surface area (Å²) in [6.07, 6.45) is 3.96. The third-order valence-electron chi connectivity index (χ3n) is 3.52. The van der Waals surface area contributed by atoms with Crippen molar-refractivity contribution >= 4 is 11.9 Å². The molecular formula is C15H31N5O2. The van der Waals surface area contributed by atoms with Crippen LogP contribution in [0, 0.1) is 0 Å². The molecule has 0 saturated carbocycles. The van der Waals surface area contributed by atoms with Gasteiger partial charge in [-0.15, -0.1) is 0 Å². The molecule has 0 aromatic carbocycles. The highest BCUT2D eigenvalue weighted by molar-refractivity contribution is 5.84. The Bertz CT molecular complexity index is 330. The maximum absolute atomic E-state index is 11.6. The Labute approximate surface area is 133 Å². The van der Waals surface area contributed by atoms with Crippen molar-refractivity contribution < 1.29 is 9.53 Å². The predicted octanol–water partition coefficient (Wildman–Crippen LogP) is -0.210. The lowest BCUT2D eigenvalue weighted by molar-refractivity contribution is -0.119. The van der Waals surface area contributed by atoms with E-state index in [1.54, 1.807) is 7.11 Å².